The number of anilines is 1. The summed E-state index contributed by atoms with van der Waals surface area (Å²) >= 11 is 0. The molecule has 1 saturated carbocycles. The lowest BCUT2D eigenvalue weighted by Crippen LogP contribution is -2.48. The topological polar surface area (TPSA) is 35.6 Å². The summed E-state index contributed by atoms with van der Waals surface area (Å²) in [4.78, 5) is 17.1. The van der Waals surface area contributed by atoms with Crippen LogP contribution in [-0.4, -0.2) is 50.1 Å². The van der Waals surface area contributed by atoms with Crippen LogP contribution in [0.5, 0.6) is 0 Å². The number of amides is 1. The maximum absolute atomic E-state index is 12.2. The average molecular weight is 329 g/mol. The zero-order valence-electron chi connectivity index (χ0n) is 15.0. The molecule has 1 saturated heterocycles. The molecule has 0 radical (unpaired) electrons. The van der Waals surface area contributed by atoms with Crippen LogP contribution in [0.1, 0.15) is 37.7 Å². The second-order valence-electron chi connectivity index (χ2n) is 7.29. The highest BCUT2D eigenvalue weighted by Gasteiger charge is 2.21. The van der Waals surface area contributed by atoms with E-state index in [1.54, 1.807) is 0 Å². The zero-order valence-corrected chi connectivity index (χ0v) is 15.0. The first-order chi connectivity index (χ1) is 11.7. The molecule has 24 heavy (non-hydrogen) atoms. The van der Waals surface area contributed by atoms with Crippen molar-refractivity contribution in [2.45, 2.75) is 39.0 Å². The van der Waals surface area contributed by atoms with Gasteiger partial charge in [-0.3, -0.25) is 9.69 Å². The highest BCUT2D eigenvalue weighted by molar-refractivity contribution is 5.78. The second kappa shape index (κ2) is 8.52. The van der Waals surface area contributed by atoms with Crippen molar-refractivity contribution in [1.82, 2.24) is 10.2 Å². The van der Waals surface area contributed by atoms with Gasteiger partial charge in [0.25, 0.3) is 0 Å². The van der Waals surface area contributed by atoms with Gasteiger partial charge in [0.05, 0.1) is 0 Å². The second-order valence-corrected chi connectivity index (χ2v) is 7.29. The third-order valence-corrected chi connectivity index (χ3v) is 5.44. The number of hydrogen-bond acceptors (Lipinski definition) is 3. The van der Waals surface area contributed by atoms with Crippen LogP contribution in [0.25, 0.3) is 0 Å². The SMILES string of the molecule is Cc1cccc(N2CCN(CCNC(=O)C3CCCCC3)CC2)c1. The Morgan fingerprint density at radius 3 is 2.58 bits per heavy atom. The zero-order chi connectivity index (χ0) is 16.8. The van der Waals surface area contributed by atoms with Gasteiger partial charge in [-0.1, -0.05) is 31.4 Å². The smallest absolute Gasteiger partial charge is 0.223 e. The summed E-state index contributed by atoms with van der Waals surface area (Å²) in [5.41, 5.74) is 2.65. The highest BCUT2D eigenvalue weighted by Crippen LogP contribution is 2.23. The fraction of sp³-hybridized carbons (Fsp3) is 0.650. The molecule has 132 valence electrons. The van der Waals surface area contributed by atoms with E-state index >= 15 is 0 Å². The summed E-state index contributed by atoms with van der Waals surface area (Å²) < 4.78 is 0. The fourth-order valence-electron chi connectivity index (χ4n) is 3.90. The predicted octanol–water partition coefficient (Wildman–Crippen LogP) is 2.81. The van der Waals surface area contributed by atoms with E-state index in [2.05, 4.69) is 46.3 Å². The van der Waals surface area contributed by atoms with Gasteiger partial charge in [0.1, 0.15) is 0 Å². The largest absolute Gasteiger partial charge is 0.369 e. The van der Waals surface area contributed by atoms with Gasteiger partial charge in [-0.2, -0.15) is 0 Å². The molecule has 4 nitrogen and oxygen atoms in total. The summed E-state index contributed by atoms with van der Waals surface area (Å²) in [7, 11) is 0. The van der Waals surface area contributed by atoms with Crippen LogP contribution in [0, 0.1) is 12.8 Å². The van der Waals surface area contributed by atoms with Gasteiger partial charge in [-0.05, 0) is 37.5 Å². The predicted molar refractivity (Wildman–Crippen MR) is 99.4 cm³/mol. The average Bonchev–Trinajstić information content (AvgIpc) is 2.63. The van der Waals surface area contributed by atoms with Crippen molar-refractivity contribution in [1.29, 1.82) is 0 Å². The minimum atomic E-state index is 0.275. The Hall–Kier alpha value is -1.55. The molecule has 0 unspecified atom stereocenters. The lowest BCUT2D eigenvalue weighted by atomic mass is 9.89. The van der Waals surface area contributed by atoms with E-state index in [4.69, 9.17) is 0 Å². The van der Waals surface area contributed by atoms with Crippen molar-refractivity contribution in [2.75, 3.05) is 44.2 Å². The van der Waals surface area contributed by atoms with E-state index in [1.165, 1.54) is 30.5 Å². The first-order valence-electron chi connectivity index (χ1n) is 9.54. The number of benzene rings is 1. The summed E-state index contributed by atoms with van der Waals surface area (Å²) in [5, 5.41) is 3.16. The van der Waals surface area contributed by atoms with E-state index in [0.717, 1.165) is 52.1 Å². The number of rotatable bonds is 5. The molecule has 1 N–H and O–H groups in total. The van der Waals surface area contributed by atoms with Crippen molar-refractivity contribution in [3.63, 3.8) is 0 Å². The molecule has 0 spiro atoms. The highest BCUT2D eigenvalue weighted by atomic mass is 16.1. The number of carbonyl (C=O) groups excluding carboxylic acids is 1. The summed E-state index contributed by atoms with van der Waals surface area (Å²) in [5.74, 6) is 0.560. The van der Waals surface area contributed by atoms with Crippen molar-refractivity contribution in [3.8, 4) is 0 Å². The van der Waals surface area contributed by atoms with Gasteiger partial charge in [-0.25, -0.2) is 0 Å². The molecule has 1 amide bonds. The molecule has 2 fully saturated rings. The molecular formula is C20H31N3O. The summed E-state index contributed by atoms with van der Waals surface area (Å²) in [6.07, 6.45) is 5.91. The van der Waals surface area contributed by atoms with E-state index in [0.29, 0.717) is 0 Å². The molecule has 0 atom stereocenters. The number of carbonyl (C=O) groups is 1. The van der Waals surface area contributed by atoms with Crippen molar-refractivity contribution < 1.29 is 4.79 Å². The van der Waals surface area contributed by atoms with Crippen LogP contribution in [0.2, 0.25) is 0 Å². The molecular weight excluding hydrogens is 298 g/mol. The number of aryl methyl sites for hydroxylation is 1. The lowest BCUT2D eigenvalue weighted by Gasteiger charge is -2.36. The Morgan fingerprint density at radius 2 is 1.88 bits per heavy atom. The quantitative estimate of drug-likeness (QED) is 0.902. The molecule has 3 rings (SSSR count). The number of nitrogens with one attached hydrogen (secondary N) is 1. The number of nitrogens with zero attached hydrogens (tertiary/aromatic N) is 2. The van der Waals surface area contributed by atoms with Crippen LogP contribution < -0.4 is 10.2 Å². The van der Waals surface area contributed by atoms with Crippen molar-refractivity contribution >= 4 is 11.6 Å². The molecule has 0 bridgehead atoms. The maximum atomic E-state index is 12.2. The molecule has 0 aromatic heterocycles. The van der Waals surface area contributed by atoms with E-state index < -0.39 is 0 Å². The Balaban J connectivity index is 1.36. The van der Waals surface area contributed by atoms with Gasteiger partial charge >= 0.3 is 0 Å². The van der Waals surface area contributed by atoms with Gasteiger partial charge < -0.3 is 10.2 Å². The van der Waals surface area contributed by atoms with Crippen molar-refractivity contribution in [2.24, 2.45) is 5.92 Å². The molecule has 2 aliphatic rings. The molecule has 1 aliphatic carbocycles. The Morgan fingerprint density at radius 1 is 1.12 bits per heavy atom. The van der Waals surface area contributed by atoms with Crippen LogP contribution in [0.3, 0.4) is 0 Å². The molecule has 1 aliphatic heterocycles. The first kappa shape index (κ1) is 17.3. The fourth-order valence-corrected chi connectivity index (χ4v) is 3.90. The third-order valence-electron chi connectivity index (χ3n) is 5.44. The minimum absolute atomic E-state index is 0.275. The molecule has 1 aromatic carbocycles. The molecule has 1 aromatic rings. The van der Waals surface area contributed by atoms with E-state index in [1.807, 2.05) is 0 Å². The van der Waals surface area contributed by atoms with Gasteiger partial charge in [0.2, 0.25) is 5.91 Å². The summed E-state index contributed by atoms with van der Waals surface area (Å²) in [6, 6.07) is 8.75. The Labute approximate surface area is 146 Å². The van der Waals surface area contributed by atoms with E-state index in [-0.39, 0.29) is 11.8 Å². The van der Waals surface area contributed by atoms with Crippen LogP contribution in [0.15, 0.2) is 24.3 Å². The Bertz CT molecular complexity index is 531. The molecule has 4 heteroatoms. The van der Waals surface area contributed by atoms with E-state index in [9.17, 15) is 4.79 Å². The van der Waals surface area contributed by atoms with Crippen molar-refractivity contribution in [3.05, 3.63) is 29.8 Å². The summed E-state index contributed by atoms with van der Waals surface area (Å²) in [6.45, 7) is 8.20. The van der Waals surface area contributed by atoms with Gasteiger partial charge in [-0.15, -0.1) is 0 Å². The van der Waals surface area contributed by atoms with Gasteiger partial charge in [0.15, 0.2) is 0 Å². The molecule has 1 heterocycles. The first-order valence-corrected chi connectivity index (χ1v) is 9.54. The van der Waals surface area contributed by atoms with Gasteiger partial charge in [0, 0.05) is 50.9 Å². The monoisotopic (exact) mass is 329 g/mol. The number of hydrogen-bond donors (Lipinski definition) is 1. The minimum Gasteiger partial charge on any atom is -0.369 e. The van der Waals surface area contributed by atoms with Crippen LogP contribution in [-0.2, 0) is 4.79 Å². The lowest BCUT2D eigenvalue weighted by molar-refractivity contribution is -0.125. The third kappa shape index (κ3) is 4.73. The number of piperazine rings is 1. The Kier molecular flexibility index (Phi) is 6.13. The standard InChI is InChI=1S/C20H31N3O/c1-17-6-5-9-19(16-17)23-14-12-22(13-15-23)11-10-21-20(24)18-7-3-2-4-8-18/h5-6,9,16,18H,2-4,7-8,10-15H2,1H3,(H,21,24). The van der Waals surface area contributed by atoms with Crippen LogP contribution in [0.4, 0.5) is 5.69 Å². The maximum Gasteiger partial charge on any atom is 0.223 e. The normalized spacial score (nSPS) is 20.1. The van der Waals surface area contributed by atoms with Crippen LogP contribution >= 0.6 is 0 Å².